The van der Waals surface area contributed by atoms with Crippen molar-refractivity contribution in [1.29, 1.82) is 0 Å². The van der Waals surface area contributed by atoms with E-state index in [-0.39, 0.29) is 5.78 Å². The van der Waals surface area contributed by atoms with Gasteiger partial charge in [-0.1, -0.05) is 24.3 Å². The number of ketones is 1. The maximum atomic E-state index is 12.1. The van der Waals surface area contributed by atoms with Crippen LogP contribution < -0.4 is 0 Å². The molecule has 0 amide bonds. The molecule has 19 heavy (non-hydrogen) atoms. The fourth-order valence-electron chi connectivity index (χ4n) is 2.64. The standard InChI is InChI=1S/C15H15N3O/c1-15(2)13(19)7-6-11-4-3-5-12(14(11)15)8-18-10-16-9-17-18/h3-7,9-10H,8H2,1-2H3. The predicted molar refractivity (Wildman–Crippen MR) is 72.6 cm³/mol. The summed E-state index contributed by atoms with van der Waals surface area (Å²) in [6.07, 6.45) is 6.77. The van der Waals surface area contributed by atoms with Gasteiger partial charge in [0.2, 0.25) is 0 Å². The molecule has 1 aromatic heterocycles. The normalized spacial score (nSPS) is 16.4. The predicted octanol–water partition coefficient (Wildman–Crippen LogP) is 2.20. The third-order valence-corrected chi connectivity index (χ3v) is 3.64. The first-order chi connectivity index (χ1) is 9.09. The highest BCUT2D eigenvalue weighted by atomic mass is 16.1. The monoisotopic (exact) mass is 253 g/mol. The van der Waals surface area contributed by atoms with Crippen LogP contribution in [0.4, 0.5) is 0 Å². The molecular formula is C15H15N3O. The van der Waals surface area contributed by atoms with Gasteiger partial charge in [0.25, 0.3) is 0 Å². The molecule has 1 aliphatic carbocycles. The van der Waals surface area contributed by atoms with Crippen molar-refractivity contribution in [3.8, 4) is 0 Å². The van der Waals surface area contributed by atoms with Crippen LogP contribution in [0.5, 0.6) is 0 Å². The summed E-state index contributed by atoms with van der Waals surface area (Å²) in [5.41, 5.74) is 2.84. The molecule has 4 nitrogen and oxygen atoms in total. The molecule has 1 aromatic carbocycles. The number of hydrogen-bond acceptors (Lipinski definition) is 3. The third kappa shape index (κ3) is 1.89. The largest absolute Gasteiger partial charge is 0.294 e. The summed E-state index contributed by atoms with van der Waals surface area (Å²) in [4.78, 5) is 16.1. The Labute approximate surface area is 111 Å². The van der Waals surface area contributed by atoms with Crippen molar-refractivity contribution >= 4 is 11.9 Å². The van der Waals surface area contributed by atoms with E-state index >= 15 is 0 Å². The molecule has 1 aliphatic rings. The van der Waals surface area contributed by atoms with Crippen LogP contribution in [0.3, 0.4) is 0 Å². The zero-order chi connectivity index (χ0) is 13.5. The van der Waals surface area contributed by atoms with E-state index in [1.165, 1.54) is 6.33 Å². The van der Waals surface area contributed by atoms with Gasteiger partial charge in [0.1, 0.15) is 12.7 Å². The second-order valence-corrected chi connectivity index (χ2v) is 5.30. The van der Waals surface area contributed by atoms with Gasteiger partial charge in [-0.3, -0.25) is 4.79 Å². The average Bonchev–Trinajstić information content (AvgIpc) is 2.87. The highest BCUT2D eigenvalue weighted by Crippen LogP contribution is 2.35. The van der Waals surface area contributed by atoms with Crippen molar-refractivity contribution in [2.75, 3.05) is 0 Å². The topological polar surface area (TPSA) is 47.8 Å². The van der Waals surface area contributed by atoms with E-state index in [0.717, 1.165) is 16.7 Å². The zero-order valence-electron chi connectivity index (χ0n) is 11.0. The number of allylic oxidation sites excluding steroid dienone is 1. The molecule has 0 bridgehead atoms. The van der Waals surface area contributed by atoms with Crippen LogP contribution in [-0.4, -0.2) is 20.5 Å². The summed E-state index contributed by atoms with van der Waals surface area (Å²) >= 11 is 0. The summed E-state index contributed by atoms with van der Waals surface area (Å²) in [5.74, 6) is 0.144. The van der Waals surface area contributed by atoms with Gasteiger partial charge in [-0.25, -0.2) is 9.67 Å². The first-order valence-electron chi connectivity index (χ1n) is 6.26. The van der Waals surface area contributed by atoms with Crippen LogP contribution in [-0.2, 0) is 16.8 Å². The van der Waals surface area contributed by atoms with Crippen LogP contribution in [0, 0.1) is 0 Å². The molecule has 96 valence electrons. The number of nitrogens with zero attached hydrogens (tertiary/aromatic N) is 3. The maximum absolute atomic E-state index is 12.1. The molecule has 4 heteroatoms. The zero-order valence-corrected chi connectivity index (χ0v) is 11.0. The number of hydrogen-bond donors (Lipinski definition) is 0. The van der Waals surface area contributed by atoms with Crippen molar-refractivity contribution in [2.45, 2.75) is 25.8 Å². The first-order valence-corrected chi connectivity index (χ1v) is 6.26. The Bertz CT molecular complexity index is 654. The highest BCUT2D eigenvalue weighted by molar-refractivity contribution is 6.04. The van der Waals surface area contributed by atoms with Crippen molar-refractivity contribution < 1.29 is 4.79 Å². The lowest BCUT2D eigenvalue weighted by molar-refractivity contribution is -0.118. The van der Waals surface area contributed by atoms with E-state index in [4.69, 9.17) is 0 Å². The molecule has 0 saturated carbocycles. The lowest BCUT2D eigenvalue weighted by atomic mass is 9.73. The molecule has 0 aliphatic heterocycles. The Morgan fingerprint density at radius 3 is 2.84 bits per heavy atom. The smallest absolute Gasteiger partial charge is 0.165 e. The highest BCUT2D eigenvalue weighted by Gasteiger charge is 2.34. The Kier molecular flexibility index (Phi) is 2.59. The van der Waals surface area contributed by atoms with Gasteiger partial charge in [0.15, 0.2) is 5.78 Å². The van der Waals surface area contributed by atoms with Crippen LogP contribution in [0.15, 0.2) is 36.9 Å². The average molecular weight is 253 g/mol. The van der Waals surface area contributed by atoms with Gasteiger partial charge in [0, 0.05) is 0 Å². The lowest BCUT2D eigenvalue weighted by Crippen LogP contribution is -2.32. The first kappa shape index (κ1) is 11.8. The second kappa shape index (κ2) is 4.16. The molecular weight excluding hydrogens is 238 g/mol. The SMILES string of the molecule is CC1(C)C(=O)C=Cc2cccc(Cn3cncn3)c21. The number of carbonyl (C=O) groups excluding carboxylic acids is 1. The fraction of sp³-hybridized carbons (Fsp3) is 0.267. The summed E-state index contributed by atoms with van der Waals surface area (Å²) in [6, 6.07) is 6.11. The molecule has 3 rings (SSSR count). The van der Waals surface area contributed by atoms with Crippen molar-refractivity contribution in [2.24, 2.45) is 0 Å². The molecule has 2 aromatic rings. The fourth-order valence-corrected chi connectivity index (χ4v) is 2.64. The molecule has 0 spiro atoms. The van der Waals surface area contributed by atoms with Crippen molar-refractivity contribution in [3.63, 3.8) is 0 Å². The minimum atomic E-state index is -0.485. The summed E-state index contributed by atoms with van der Waals surface area (Å²) in [7, 11) is 0. The quantitative estimate of drug-likeness (QED) is 0.824. The molecule has 0 N–H and O–H groups in total. The summed E-state index contributed by atoms with van der Waals surface area (Å²) in [6.45, 7) is 4.58. The Hall–Kier alpha value is -2.23. The summed E-state index contributed by atoms with van der Waals surface area (Å²) in [5, 5.41) is 4.13. The molecule has 0 saturated heterocycles. The van der Waals surface area contributed by atoms with Gasteiger partial charge < -0.3 is 0 Å². The van der Waals surface area contributed by atoms with Crippen molar-refractivity contribution in [1.82, 2.24) is 14.8 Å². The molecule has 0 atom stereocenters. The molecule has 1 heterocycles. The number of benzene rings is 1. The Balaban J connectivity index is 2.13. The molecule has 0 fully saturated rings. The number of carbonyl (C=O) groups is 1. The molecule has 0 radical (unpaired) electrons. The van der Waals surface area contributed by atoms with Gasteiger partial charge in [-0.2, -0.15) is 5.10 Å². The van der Waals surface area contributed by atoms with Gasteiger partial charge >= 0.3 is 0 Å². The summed E-state index contributed by atoms with van der Waals surface area (Å²) < 4.78 is 1.77. The number of rotatable bonds is 2. The van der Waals surface area contributed by atoms with Crippen LogP contribution >= 0.6 is 0 Å². The van der Waals surface area contributed by atoms with Crippen LogP contribution in [0.1, 0.15) is 30.5 Å². The minimum Gasteiger partial charge on any atom is -0.294 e. The van der Waals surface area contributed by atoms with Gasteiger partial charge in [-0.05, 0) is 36.6 Å². The van der Waals surface area contributed by atoms with Gasteiger partial charge in [-0.15, -0.1) is 0 Å². The third-order valence-electron chi connectivity index (χ3n) is 3.64. The molecule has 0 unspecified atom stereocenters. The van der Waals surface area contributed by atoms with E-state index in [1.807, 2.05) is 32.1 Å². The second-order valence-electron chi connectivity index (χ2n) is 5.30. The van der Waals surface area contributed by atoms with Gasteiger partial charge in [0.05, 0.1) is 12.0 Å². The van der Waals surface area contributed by atoms with E-state index in [1.54, 1.807) is 17.1 Å². The number of aromatic nitrogens is 3. The van der Waals surface area contributed by atoms with Crippen molar-refractivity contribution in [3.05, 3.63) is 53.6 Å². The van der Waals surface area contributed by atoms with Crippen LogP contribution in [0.2, 0.25) is 0 Å². The van der Waals surface area contributed by atoms with Crippen LogP contribution in [0.25, 0.3) is 6.08 Å². The minimum absolute atomic E-state index is 0.144. The van der Waals surface area contributed by atoms with E-state index < -0.39 is 5.41 Å². The Morgan fingerprint density at radius 1 is 1.26 bits per heavy atom. The van der Waals surface area contributed by atoms with E-state index in [0.29, 0.717) is 6.54 Å². The lowest BCUT2D eigenvalue weighted by Gasteiger charge is -2.30. The van der Waals surface area contributed by atoms with E-state index in [2.05, 4.69) is 16.1 Å². The Morgan fingerprint density at radius 2 is 2.11 bits per heavy atom. The van der Waals surface area contributed by atoms with E-state index in [9.17, 15) is 4.79 Å². The number of fused-ring (bicyclic) bond motifs is 1. The maximum Gasteiger partial charge on any atom is 0.165 e.